The number of aromatic hydroxyl groups is 1. The number of carbonyl (C=O) groups excluding carboxylic acids is 3. The Labute approximate surface area is 254 Å². The molecular formula is C35H41N3O5. The predicted molar refractivity (Wildman–Crippen MR) is 169 cm³/mol. The highest BCUT2D eigenvalue weighted by molar-refractivity contribution is 6.00. The Balaban J connectivity index is 2.10. The lowest BCUT2D eigenvalue weighted by molar-refractivity contribution is -0.142. The molecule has 0 radical (unpaired) electrons. The molecule has 3 N–H and O–H groups in total. The van der Waals surface area contributed by atoms with Crippen molar-refractivity contribution in [1.29, 1.82) is 0 Å². The van der Waals surface area contributed by atoms with Crippen LogP contribution in [0.25, 0.3) is 0 Å². The smallest absolute Gasteiger partial charge is 0.408 e. The van der Waals surface area contributed by atoms with E-state index in [-0.39, 0.29) is 12.2 Å². The van der Waals surface area contributed by atoms with Gasteiger partial charge in [-0.2, -0.15) is 0 Å². The number of benzene rings is 3. The van der Waals surface area contributed by atoms with E-state index in [0.29, 0.717) is 22.4 Å². The van der Waals surface area contributed by atoms with Gasteiger partial charge in [-0.15, -0.1) is 6.42 Å². The average molecular weight is 584 g/mol. The molecule has 0 aromatic heterocycles. The van der Waals surface area contributed by atoms with E-state index in [2.05, 4.69) is 16.6 Å². The van der Waals surface area contributed by atoms with Crippen molar-refractivity contribution in [2.75, 3.05) is 5.32 Å². The molecule has 2 unspecified atom stereocenters. The summed E-state index contributed by atoms with van der Waals surface area (Å²) in [7, 11) is 0. The maximum Gasteiger partial charge on any atom is 0.408 e. The van der Waals surface area contributed by atoms with Gasteiger partial charge in [-0.1, -0.05) is 48.4 Å². The zero-order valence-corrected chi connectivity index (χ0v) is 25.9. The van der Waals surface area contributed by atoms with Gasteiger partial charge in [-0.25, -0.2) is 4.79 Å². The highest BCUT2D eigenvalue weighted by atomic mass is 16.6. The SMILES string of the molecule is C#Cc1ccc(C(C(=O)Nc2c(C)cccc2C)N(C(=O)C(Cc2ccc(O)cc2)NC(=O)OC(C)(C)C)C(C)C)cc1. The van der Waals surface area contributed by atoms with E-state index in [1.807, 2.05) is 45.9 Å². The molecule has 0 spiro atoms. The summed E-state index contributed by atoms with van der Waals surface area (Å²) in [6.45, 7) is 12.6. The third-order valence-electron chi connectivity index (χ3n) is 6.82. The molecule has 8 nitrogen and oxygen atoms in total. The fraction of sp³-hybridized carbons (Fsp3) is 0.343. The summed E-state index contributed by atoms with van der Waals surface area (Å²) in [5.74, 6) is 1.78. The number of carbonyl (C=O) groups is 3. The lowest BCUT2D eigenvalue weighted by atomic mass is 9.97. The Bertz CT molecular complexity index is 1460. The maximum absolute atomic E-state index is 14.5. The molecule has 3 rings (SSSR count). The molecule has 0 fully saturated rings. The maximum atomic E-state index is 14.5. The largest absolute Gasteiger partial charge is 0.508 e. The lowest BCUT2D eigenvalue weighted by Gasteiger charge is -2.37. The Morgan fingerprint density at radius 1 is 0.953 bits per heavy atom. The Kier molecular flexibility index (Phi) is 10.6. The molecule has 0 bridgehead atoms. The van der Waals surface area contributed by atoms with Crippen LogP contribution in [-0.2, 0) is 20.7 Å². The van der Waals surface area contributed by atoms with Crippen LogP contribution >= 0.6 is 0 Å². The average Bonchev–Trinajstić information content (AvgIpc) is 2.93. The van der Waals surface area contributed by atoms with Crippen molar-refractivity contribution in [3.8, 4) is 18.1 Å². The highest BCUT2D eigenvalue weighted by Crippen LogP contribution is 2.29. The van der Waals surface area contributed by atoms with Crippen molar-refractivity contribution in [1.82, 2.24) is 10.2 Å². The number of rotatable bonds is 9. The first-order chi connectivity index (χ1) is 20.2. The van der Waals surface area contributed by atoms with E-state index in [1.54, 1.807) is 57.2 Å². The Morgan fingerprint density at radius 3 is 2.05 bits per heavy atom. The number of nitrogens with one attached hydrogen (secondary N) is 2. The van der Waals surface area contributed by atoms with Gasteiger partial charge in [-0.3, -0.25) is 9.59 Å². The van der Waals surface area contributed by atoms with Crippen molar-refractivity contribution in [2.45, 2.75) is 78.6 Å². The van der Waals surface area contributed by atoms with Gasteiger partial charge < -0.3 is 25.4 Å². The number of terminal acetylenes is 1. The zero-order chi connectivity index (χ0) is 31.9. The Morgan fingerprint density at radius 2 is 1.53 bits per heavy atom. The number of phenols is 1. The molecular weight excluding hydrogens is 542 g/mol. The monoisotopic (exact) mass is 583 g/mol. The Hall–Kier alpha value is -4.77. The minimum absolute atomic E-state index is 0.0779. The summed E-state index contributed by atoms with van der Waals surface area (Å²) >= 11 is 0. The molecule has 2 atom stereocenters. The molecule has 0 saturated carbocycles. The number of para-hydroxylation sites is 1. The molecule has 0 aliphatic carbocycles. The molecule has 226 valence electrons. The summed E-state index contributed by atoms with van der Waals surface area (Å²) < 4.78 is 5.48. The van der Waals surface area contributed by atoms with Gasteiger partial charge in [0.05, 0.1) is 0 Å². The molecule has 0 heterocycles. The quantitative estimate of drug-likeness (QED) is 0.266. The fourth-order valence-electron chi connectivity index (χ4n) is 4.78. The molecule has 8 heteroatoms. The summed E-state index contributed by atoms with van der Waals surface area (Å²) in [5, 5.41) is 15.5. The molecule has 43 heavy (non-hydrogen) atoms. The van der Waals surface area contributed by atoms with Gasteiger partial charge in [0.15, 0.2) is 0 Å². The third kappa shape index (κ3) is 8.86. The van der Waals surface area contributed by atoms with Crippen LogP contribution in [0.4, 0.5) is 10.5 Å². The number of amides is 3. The number of hydrogen-bond acceptors (Lipinski definition) is 5. The lowest BCUT2D eigenvalue weighted by Crippen LogP contribution is -2.55. The van der Waals surface area contributed by atoms with Crippen LogP contribution in [-0.4, -0.2) is 45.6 Å². The van der Waals surface area contributed by atoms with Crippen molar-refractivity contribution in [2.24, 2.45) is 0 Å². The summed E-state index contributed by atoms with van der Waals surface area (Å²) in [6, 6.07) is 16.5. The number of ether oxygens (including phenoxy) is 1. The first-order valence-electron chi connectivity index (χ1n) is 14.2. The van der Waals surface area contributed by atoms with E-state index < -0.39 is 41.6 Å². The van der Waals surface area contributed by atoms with Gasteiger partial charge >= 0.3 is 6.09 Å². The highest BCUT2D eigenvalue weighted by Gasteiger charge is 2.38. The number of nitrogens with zero attached hydrogens (tertiary/aromatic N) is 1. The summed E-state index contributed by atoms with van der Waals surface area (Å²) in [5.41, 5.74) is 3.54. The van der Waals surface area contributed by atoms with Crippen molar-refractivity contribution < 1.29 is 24.2 Å². The number of aryl methyl sites for hydroxylation is 2. The number of anilines is 1. The number of phenolic OH excluding ortho intramolecular Hbond substituents is 1. The molecule has 0 saturated heterocycles. The van der Waals surface area contributed by atoms with Gasteiger partial charge in [0.1, 0.15) is 23.4 Å². The van der Waals surface area contributed by atoms with E-state index in [9.17, 15) is 19.5 Å². The van der Waals surface area contributed by atoms with Crippen LogP contribution in [0.3, 0.4) is 0 Å². The standard InChI is InChI=1S/C35H41N3O5/c1-9-25-13-17-27(18-14-25)31(32(40)37-30-23(4)11-10-12-24(30)5)38(22(2)3)33(41)29(36-34(42)43-35(6,7)8)21-26-15-19-28(39)20-16-26/h1,10-20,22,29,31,39H,21H2,2-8H3,(H,36,42)(H,37,40). The molecule has 0 aliphatic heterocycles. The topological polar surface area (TPSA) is 108 Å². The van der Waals surface area contributed by atoms with Crippen LogP contribution < -0.4 is 10.6 Å². The molecule has 3 amide bonds. The minimum atomic E-state index is -1.08. The van der Waals surface area contributed by atoms with E-state index in [1.165, 1.54) is 17.0 Å². The van der Waals surface area contributed by atoms with Crippen molar-refractivity contribution in [3.05, 3.63) is 94.5 Å². The molecule has 0 aliphatic rings. The van der Waals surface area contributed by atoms with Crippen LogP contribution in [0.1, 0.15) is 68.5 Å². The van der Waals surface area contributed by atoms with Gasteiger partial charge in [0.25, 0.3) is 5.91 Å². The van der Waals surface area contributed by atoms with E-state index in [0.717, 1.165) is 11.1 Å². The van der Waals surface area contributed by atoms with Gasteiger partial charge in [-0.05, 0) is 95.0 Å². The fourth-order valence-corrected chi connectivity index (χ4v) is 4.78. The minimum Gasteiger partial charge on any atom is -0.508 e. The van der Waals surface area contributed by atoms with Gasteiger partial charge in [0, 0.05) is 23.7 Å². The van der Waals surface area contributed by atoms with Crippen LogP contribution in [0.5, 0.6) is 5.75 Å². The second-order valence-electron chi connectivity index (χ2n) is 11.8. The van der Waals surface area contributed by atoms with Crippen LogP contribution in [0, 0.1) is 26.2 Å². The predicted octanol–water partition coefficient (Wildman–Crippen LogP) is 6.04. The van der Waals surface area contributed by atoms with E-state index in [4.69, 9.17) is 11.2 Å². The number of alkyl carbamates (subject to hydrolysis) is 1. The zero-order valence-electron chi connectivity index (χ0n) is 25.9. The third-order valence-corrected chi connectivity index (χ3v) is 6.82. The molecule has 3 aromatic carbocycles. The normalized spacial score (nSPS) is 12.5. The number of hydrogen-bond donors (Lipinski definition) is 3. The first kappa shape index (κ1) is 32.7. The van der Waals surface area contributed by atoms with Crippen molar-refractivity contribution in [3.63, 3.8) is 0 Å². The summed E-state index contributed by atoms with van der Waals surface area (Å²) in [6.07, 6.45) is 4.92. The van der Waals surface area contributed by atoms with Crippen LogP contribution in [0.15, 0.2) is 66.7 Å². The first-order valence-corrected chi connectivity index (χ1v) is 14.2. The van der Waals surface area contributed by atoms with Crippen molar-refractivity contribution >= 4 is 23.6 Å². The summed E-state index contributed by atoms with van der Waals surface area (Å²) in [4.78, 5) is 43.1. The van der Waals surface area contributed by atoms with Crippen LogP contribution in [0.2, 0.25) is 0 Å². The van der Waals surface area contributed by atoms with E-state index >= 15 is 0 Å². The van der Waals surface area contributed by atoms with Gasteiger partial charge in [0.2, 0.25) is 5.91 Å². The molecule has 3 aromatic rings. The second-order valence-corrected chi connectivity index (χ2v) is 11.8. The second kappa shape index (κ2) is 13.9.